The van der Waals surface area contributed by atoms with Crippen molar-refractivity contribution in [2.75, 3.05) is 12.1 Å². The third kappa shape index (κ3) is 3.35. The van der Waals surface area contributed by atoms with E-state index in [0.717, 1.165) is 11.3 Å². The van der Waals surface area contributed by atoms with Crippen LogP contribution in [-0.2, 0) is 4.79 Å². The number of hydrogen-bond donors (Lipinski definition) is 1. The molecule has 0 radical (unpaired) electrons. The first-order valence-corrected chi connectivity index (χ1v) is 7.62. The van der Waals surface area contributed by atoms with Gasteiger partial charge in [-0.05, 0) is 48.0 Å². The van der Waals surface area contributed by atoms with Crippen molar-refractivity contribution in [3.63, 3.8) is 0 Å². The second kappa shape index (κ2) is 6.48. The van der Waals surface area contributed by atoms with Crippen LogP contribution in [0, 0.1) is 0 Å². The highest BCUT2D eigenvalue weighted by atomic mass is 16.7. The second-order valence-electron chi connectivity index (χ2n) is 5.32. The highest BCUT2D eigenvalue weighted by Gasteiger charge is 2.12. The highest BCUT2D eigenvalue weighted by molar-refractivity contribution is 6.02. The molecule has 1 N–H and O–H groups in total. The van der Waals surface area contributed by atoms with E-state index >= 15 is 0 Å². The van der Waals surface area contributed by atoms with Crippen molar-refractivity contribution in [1.82, 2.24) is 14.8 Å². The Bertz CT molecular complexity index is 918. The summed E-state index contributed by atoms with van der Waals surface area (Å²) in [6.45, 7) is 0.230. The largest absolute Gasteiger partial charge is 0.454 e. The van der Waals surface area contributed by atoms with Gasteiger partial charge >= 0.3 is 0 Å². The minimum atomic E-state index is -0.217. The van der Waals surface area contributed by atoms with Crippen molar-refractivity contribution >= 4 is 17.7 Å². The molecule has 1 aliphatic rings. The zero-order chi connectivity index (χ0) is 17.1. The Kier molecular flexibility index (Phi) is 3.88. The van der Waals surface area contributed by atoms with Crippen LogP contribution in [0.4, 0.5) is 5.69 Å². The summed E-state index contributed by atoms with van der Waals surface area (Å²) < 4.78 is 12.2. The van der Waals surface area contributed by atoms with Gasteiger partial charge in [-0.15, -0.1) is 0 Å². The molecule has 0 atom stereocenters. The third-order valence-corrected chi connectivity index (χ3v) is 3.64. The molecule has 0 spiro atoms. The molecule has 2 aromatic carbocycles. The number of nitrogens with zero attached hydrogens (tertiary/aromatic N) is 3. The maximum atomic E-state index is 12.1. The molecule has 3 aromatic rings. The Morgan fingerprint density at radius 3 is 2.76 bits per heavy atom. The van der Waals surface area contributed by atoms with Gasteiger partial charge in [0.2, 0.25) is 12.7 Å². The molecule has 0 bridgehead atoms. The average molecular weight is 334 g/mol. The molecule has 0 fully saturated rings. The fraction of sp³-hybridized carbons (Fsp3) is 0.0556. The van der Waals surface area contributed by atoms with Crippen LogP contribution in [0.5, 0.6) is 11.5 Å². The molecule has 2 heterocycles. The van der Waals surface area contributed by atoms with Gasteiger partial charge in [0.15, 0.2) is 11.5 Å². The molecular weight excluding hydrogens is 320 g/mol. The predicted molar refractivity (Wildman–Crippen MR) is 91.6 cm³/mol. The number of ether oxygens (including phenoxy) is 2. The lowest BCUT2D eigenvalue weighted by atomic mass is 10.2. The number of rotatable bonds is 4. The van der Waals surface area contributed by atoms with E-state index in [-0.39, 0.29) is 12.7 Å². The normalized spacial score (nSPS) is 12.5. The molecule has 1 aromatic heterocycles. The van der Waals surface area contributed by atoms with E-state index < -0.39 is 0 Å². The van der Waals surface area contributed by atoms with Crippen molar-refractivity contribution in [3.05, 3.63) is 66.8 Å². The quantitative estimate of drug-likeness (QED) is 0.742. The van der Waals surface area contributed by atoms with E-state index in [2.05, 4.69) is 15.4 Å². The van der Waals surface area contributed by atoms with E-state index in [4.69, 9.17) is 9.47 Å². The monoisotopic (exact) mass is 334 g/mol. The maximum Gasteiger partial charge on any atom is 0.248 e. The summed E-state index contributed by atoms with van der Waals surface area (Å²) in [6, 6.07) is 12.8. The lowest BCUT2D eigenvalue weighted by Crippen LogP contribution is -2.07. The van der Waals surface area contributed by atoms with Gasteiger partial charge in [-0.2, -0.15) is 5.10 Å². The van der Waals surface area contributed by atoms with Crippen LogP contribution in [0.2, 0.25) is 0 Å². The number of carbonyl (C=O) groups is 1. The Labute approximate surface area is 143 Å². The molecular formula is C18H14N4O3. The van der Waals surface area contributed by atoms with Crippen molar-refractivity contribution < 1.29 is 14.3 Å². The number of benzene rings is 2. The minimum Gasteiger partial charge on any atom is -0.454 e. The molecule has 1 amide bonds. The van der Waals surface area contributed by atoms with Gasteiger partial charge in [0, 0.05) is 11.8 Å². The van der Waals surface area contributed by atoms with Gasteiger partial charge < -0.3 is 14.8 Å². The van der Waals surface area contributed by atoms with E-state index in [0.29, 0.717) is 17.2 Å². The van der Waals surface area contributed by atoms with Crippen LogP contribution < -0.4 is 14.8 Å². The van der Waals surface area contributed by atoms with E-state index in [1.807, 2.05) is 42.5 Å². The number of carbonyl (C=O) groups excluding carboxylic acids is 1. The summed E-state index contributed by atoms with van der Waals surface area (Å²) >= 11 is 0. The fourth-order valence-electron chi connectivity index (χ4n) is 2.41. The zero-order valence-corrected chi connectivity index (χ0v) is 13.1. The molecule has 7 heteroatoms. The number of hydrogen-bond acceptors (Lipinski definition) is 5. The molecule has 7 nitrogen and oxygen atoms in total. The summed E-state index contributed by atoms with van der Waals surface area (Å²) in [6.07, 6.45) is 6.28. The van der Waals surface area contributed by atoms with Gasteiger partial charge in [-0.1, -0.05) is 6.07 Å². The molecule has 25 heavy (non-hydrogen) atoms. The third-order valence-electron chi connectivity index (χ3n) is 3.64. The predicted octanol–water partition coefficient (Wildman–Crippen LogP) is 2.65. The molecule has 4 rings (SSSR count). The number of fused-ring (bicyclic) bond motifs is 1. The number of amides is 1. The topological polar surface area (TPSA) is 78.3 Å². The van der Waals surface area contributed by atoms with Crippen LogP contribution in [0.15, 0.2) is 61.2 Å². The number of aromatic nitrogens is 3. The summed E-state index contributed by atoms with van der Waals surface area (Å²) in [5.74, 6) is 1.19. The van der Waals surface area contributed by atoms with Gasteiger partial charge in [0.1, 0.15) is 12.7 Å². The molecule has 0 saturated carbocycles. The minimum absolute atomic E-state index is 0.217. The summed E-state index contributed by atoms with van der Waals surface area (Å²) in [5.41, 5.74) is 2.43. The lowest BCUT2D eigenvalue weighted by Gasteiger charge is -2.04. The first-order valence-electron chi connectivity index (χ1n) is 7.62. The summed E-state index contributed by atoms with van der Waals surface area (Å²) in [5, 5.41) is 6.86. The van der Waals surface area contributed by atoms with Crippen molar-refractivity contribution in [1.29, 1.82) is 0 Å². The Hall–Kier alpha value is -3.61. The maximum absolute atomic E-state index is 12.1. The van der Waals surface area contributed by atoms with Crippen LogP contribution >= 0.6 is 0 Å². The van der Waals surface area contributed by atoms with Gasteiger partial charge in [-0.3, -0.25) is 4.79 Å². The van der Waals surface area contributed by atoms with E-state index in [1.54, 1.807) is 17.1 Å². The first-order chi connectivity index (χ1) is 12.3. The Morgan fingerprint density at radius 1 is 1.12 bits per heavy atom. The smallest absolute Gasteiger partial charge is 0.248 e. The summed E-state index contributed by atoms with van der Waals surface area (Å²) in [4.78, 5) is 16.0. The Balaban J connectivity index is 1.40. The fourth-order valence-corrected chi connectivity index (χ4v) is 2.41. The van der Waals surface area contributed by atoms with E-state index in [9.17, 15) is 4.79 Å². The van der Waals surface area contributed by atoms with Crippen molar-refractivity contribution in [2.45, 2.75) is 0 Å². The van der Waals surface area contributed by atoms with Gasteiger partial charge in [0.05, 0.1) is 5.69 Å². The molecule has 1 aliphatic heterocycles. The molecule has 124 valence electrons. The van der Waals surface area contributed by atoms with Crippen LogP contribution in [0.25, 0.3) is 11.8 Å². The van der Waals surface area contributed by atoms with Crippen LogP contribution in [0.1, 0.15) is 5.56 Å². The average Bonchev–Trinajstić information content (AvgIpc) is 3.32. The zero-order valence-electron chi connectivity index (χ0n) is 13.1. The number of anilines is 1. The van der Waals surface area contributed by atoms with Crippen LogP contribution in [-0.4, -0.2) is 27.5 Å². The highest BCUT2D eigenvalue weighted by Crippen LogP contribution is 2.32. The van der Waals surface area contributed by atoms with Crippen molar-refractivity contribution in [3.8, 4) is 17.2 Å². The molecule has 0 saturated heterocycles. The first kappa shape index (κ1) is 14.9. The summed E-state index contributed by atoms with van der Waals surface area (Å²) in [7, 11) is 0. The van der Waals surface area contributed by atoms with Crippen molar-refractivity contribution in [2.24, 2.45) is 0 Å². The van der Waals surface area contributed by atoms with Crippen LogP contribution in [0.3, 0.4) is 0 Å². The molecule has 0 aliphatic carbocycles. The standard InChI is InChI=1S/C18H14N4O3/c23-18(8-2-13-1-7-16-17(9-13)25-12-24-16)21-14-3-5-15(6-4-14)22-11-19-10-20-22/h1-11H,12H2,(H,21,23)/b8-2+. The Morgan fingerprint density at radius 2 is 1.96 bits per heavy atom. The van der Waals surface area contributed by atoms with E-state index in [1.165, 1.54) is 12.4 Å². The van der Waals surface area contributed by atoms with Gasteiger partial charge in [-0.25, -0.2) is 9.67 Å². The molecule has 0 unspecified atom stereocenters. The second-order valence-corrected chi connectivity index (χ2v) is 5.32. The lowest BCUT2D eigenvalue weighted by molar-refractivity contribution is -0.111. The number of nitrogens with one attached hydrogen (secondary N) is 1. The van der Waals surface area contributed by atoms with Gasteiger partial charge in [0.25, 0.3) is 0 Å². The SMILES string of the molecule is O=C(/C=C/c1ccc2c(c1)OCO2)Nc1ccc(-n2cncn2)cc1.